The Morgan fingerprint density at radius 3 is 3.11 bits per heavy atom. The Balaban J connectivity index is 1.95. The zero-order valence-electron chi connectivity index (χ0n) is 11.8. The van der Waals surface area contributed by atoms with Crippen LogP contribution in [0.4, 0.5) is 0 Å². The number of hydrogen-bond donors (Lipinski definition) is 2. The van der Waals surface area contributed by atoms with Crippen LogP contribution in [0, 0.1) is 0 Å². The summed E-state index contributed by atoms with van der Waals surface area (Å²) in [5.74, 6) is 1.89. The van der Waals surface area contributed by atoms with Crippen molar-refractivity contribution in [2.45, 2.75) is 51.6 Å². The fourth-order valence-corrected chi connectivity index (χ4v) is 2.38. The van der Waals surface area contributed by atoms with Gasteiger partial charge in [-0.2, -0.15) is 5.10 Å². The SMILES string of the molecule is CCc1nc2n(n1)CCCC2NC(=O)CCCNC. The first-order valence-electron chi connectivity index (χ1n) is 7.12. The average Bonchev–Trinajstić information content (AvgIpc) is 2.83. The molecule has 0 saturated carbocycles. The van der Waals surface area contributed by atoms with E-state index >= 15 is 0 Å². The van der Waals surface area contributed by atoms with Gasteiger partial charge >= 0.3 is 0 Å². The molecule has 1 unspecified atom stereocenters. The molecule has 106 valence electrons. The summed E-state index contributed by atoms with van der Waals surface area (Å²) in [6.07, 6.45) is 4.26. The van der Waals surface area contributed by atoms with Crippen molar-refractivity contribution in [3.63, 3.8) is 0 Å². The topological polar surface area (TPSA) is 71.8 Å². The zero-order valence-corrected chi connectivity index (χ0v) is 11.8. The predicted molar refractivity (Wildman–Crippen MR) is 72.7 cm³/mol. The smallest absolute Gasteiger partial charge is 0.220 e. The molecule has 1 amide bonds. The highest BCUT2D eigenvalue weighted by molar-refractivity contribution is 5.76. The Kier molecular flexibility index (Phi) is 4.90. The van der Waals surface area contributed by atoms with Gasteiger partial charge in [0.1, 0.15) is 5.82 Å². The van der Waals surface area contributed by atoms with Crippen molar-refractivity contribution in [2.24, 2.45) is 0 Å². The molecule has 0 fully saturated rings. The fraction of sp³-hybridized carbons (Fsp3) is 0.769. The molecule has 2 heterocycles. The summed E-state index contributed by atoms with van der Waals surface area (Å²) in [6, 6.07) is 0.0311. The first-order chi connectivity index (χ1) is 9.24. The van der Waals surface area contributed by atoms with E-state index in [1.54, 1.807) is 0 Å². The van der Waals surface area contributed by atoms with E-state index in [0.717, 1.165) is 50.4 Å². The molecule has 1 aromatic heterocycles. The number of aryl methyl sites for hydroxylation is 2. The number of fused-ring (bicyclic) bond motifs is 1. The van der Waals surface area contributed by atoms with Crippen LogP contribution in [0.5, 0.6) is 0 Å². The van der Waals surface area contributed by atoms with Gasteiger partial charge in [0.05, 0.1) is 6.04 Å². The number of nitrogens with one attached hydrogen (secondary N) is 2. The lowest BCUT2D eigenvalue weighted by Crippen LogP contribution is -2.33. The van der Waals surface area contributed by atoms with Gasteiger partial charge in [-0.25, -0.2) is 9.67 Å². The van der Waals surface area contributed by atoms with E-state index in [1.807, 2.05) is 18.7 Å². The highest BCUT2D eigenvalue weighted by Gasteiger charge is 2.25. The molecule has 0 spiro atoms. The van der Waals surface area contributed by atoms with E-state index in [4.69, 9.17) is 0 Å². The number of carbonyl (C=O) groups excluding carboxylic acids is 1. The lowest BCUT2D eigenvalue weighted by molar-refractivity contribution is -0.122. The molecule has 0 aliphatic carbocycles. The molecule has 6 nitrogen and oxygen atoms in total. The van der Waals surface area contributed by atoms with E-state index in [-0.39, 0.29) is 11.9 Å². The molecular formula is C13H23N5O. The highest BCUT2D eigenvalue weighted by Crippen LogP contribution is 2.23. The van der Waals surface area contributed by atoms with Gasteiger partial charge in [-0.15, -0.1) is 0 Å². The maximum Gasteiger partial charge on any atom is 0.220 e. The van der Waals surface area contributed by atoms with Crippen molar-refractivity contribution in [1.29, 1.82) is 0 Å². The minimum atomic E-state index is 0.0311. The van der Waals surface area contributed by atoms with Crippen LogP contribution in [-0.4, -0.2) is 34.3 Å². The second-order valence-corrected chi connectivity index (χ2v) is 4.93. The third-order valence-electron chi connectivity index (χ3n) is 3.40. The third kappa shape index (κ3) is 3.53. The summed E-state index contributed by atoms with van der Waals surface area (Å²) in [4.78, 5) is 16.4. The van der Waals surface area contributed by atoms with Crippen LogP contribution in [0.3, 0.4) is 0 Å². The van der Waals surface area contributed by atoms with E-state index in [1.165, 1.54) is 0 Å². The number of carbonyl (C=O) groups is 1. The van der Waals surface area contributed by atoms with Crippen LogP contribution >= 0.6 is 0 Å². The van der Waals surface area contributed by atoms with Gasteiger partial charge in [-0.1, -0.05) is 6.92 Å². The van der Waals surface area contributed by atoms with Crippen molar-refractivity contribution in [2.75, 3.05) is 13.6 Å². The number of amides is 1. The Morgan fingerprint density at radius 2 is 2.37 bits per heavy atom. The first kappa shape index (κ1) is 14.0. The molecule has 1 atom stereocenters. The molecule has 0 saturated heterocycles. The Bertz CT molecular complexity index is 429. The second-order valence-electron chi connectivity index (χ2n) is 4.93. The van der Waals surface area contributed by atoms with Gasteiger partial charge in [-0.3, -0.25) is 4.79 Å². The molecule has 2 rings (SSSR count). The van der Waals surface area contributed by atoms with Crippen LogP contribution in [0.25, 0.3) is 0 Å². The van der Waals surface area contributed by atoms with Crippen molar-refractivity contribution in [3.05, 3.63) is 11.6 Å². The lowest BCUT2D eigenvalue weighted by atomic mass is 10.1. The molecule has 19 heavy (non-hydrogen) atoms. The molecule has 0 radical (unpaired) electrons. The first-order valence-corrected chi connectivity index (χ1v) is 7.12. The molecular weight excluding hydrogens is 242 g/mol. The van der Waals surface area contributed by atoms with Crippen molar-refractivity contribution in [1.82, 2.24) is 25.4 Å². The molecule has 2 N–H and O–H groups in total. The second kappa shape index (κ2) is 6.65. The quantitative estimate of drug-likeness (QED) is 0.746. The molecule has 1 aromatic rings. The summed E-state index contributed by atoms with van der Waals surface area (Å²) in [6.45, 7) is 3.83. The predicted octanol–water partition coefficient (Wildman–Crippen LogP) is 0.791. The van der Waals surface area contributed by atoms with Crippen LogP contribution in [0.15, 0.2) is 0 Å². The van der Waals surface area contributed by atoms with Crippen molar-refractivity contribution < 1.29 is 4.79 Å². The van der Waals surface area contributed by atoms with E-state index in [0.29, 0.717) is 6.42 Å². The Hall–Kier alpha value is -1.43. The molecule has 0 bridgehead atoms. The van der Waals surface area contributed by atoms with Gasteiger partial charge in [0.2, 0.25) is 5.91 Å². The summed E-state index contributed by atoms with van der Waals surface area (Å²) in [5.41, 5.74) is 0. The summed E-state index contributed by atoms with van der Waals surface area (Å²) in [5, 5.41) is 10.6. The number of aromatic nitrogens is 3. The average molecular weight is 265 g/mol. The van der Waals surface area contributed by atoms with E-state index in [9.17, 15) is 4.79 Å². The number of nitrogens with zero attached hydrogens (tertiary/aromatic N) is 3. The van der Waals surface area contributed by atoms with Gasteiger partial charge in [0, 0.05) is 19.4 Å². The normalized spacial score (nSPS) is 18.1. The minimum Gasteiger partial charge on any atom is -0.346 e. The number of rotatable bonds is 6. The molecule has 1 aliphatic rings. The standard InChI is InChI=1S/C13H23N5O/c1-3-11-16-13-10(6-5-9-18(13)17-11)15-12(19)7-4-8-14-2/h10,14H,3-9H2,1-2H3,(H,15,19). The maximum atomic E-state index is 11.9. The van der Waals surface area contributed by atoms with E-state index < -0.39 is 0 Å². The Morgan fingerprint density at radius 1 is 1.53 bits per heavy atom. The third-order valence-corrected chi connectivity index (χ3v) is 3.40. The summed E-state index contributed by atoms with van der Waals surface area (Å²) >= 11 is 0. The van der Waals surface area contributed by atoms with Crippen LogP contribution in [-0.2, 0) is 17.8 Å². The van der Waals surface area contributed by atoms with Gasteiger partial charge in [-0.05, 0) is 32.9 Å². The van der Waals surface area contributed by atoms with Crippen LogP contribution < -0.4 is 10.6 Å². The maximum absolute atomic E-state index is 11.9. The van der Waals surface area contributed by atoms with Crippen LogP contribution in [0.1, 0.15) is 50.3 Å². The van der Waals surface area contributed by atoms with Crippen LogP contribution in [0.2, 0.25) is 0 Å². The molecule has 1 aliphatic heterocycles. The minimum absolute atomic E-state index is 0.0311. The highest BCUT2D eigenvalue weighted by atomic mass is 16.1. The zero-order chi connectivity index (χ0) is 13.7. The summed E-state index contributed by atoms with van der Waals surface area (Å²) in [7, 11) is 1.90. The van der Waals surface area contributed by atoms with Crippen molar-refractivity contribution in [3.8, 4) is 0 Å². The number of hydrogen-bond acceptors (Lipinski definition) is 4. The van der Waals surface area contributed by atoms with E-state index in [2.05, 4.69) is 20.7 Å². The molecule has 0 aromatic carbocycles. The monoisotopic (exact) mass is 265 g/mol. The summed E-state index contributed by atoms with van der Waals surface area (Å²) < 4.78 is 1.95. The van der Waals surface area contributed by atoms with Gasteiger partial charge in [0.15, 0.2) is 5.82 Å². The lowest BCUT2D eigenvalue weighted by Gasteiger charge is -2.23. The fourth-order valence-electron chi connectivity index (χ4n) is 2.38. The van der Waals surface area contributed by atoms with Gasteiger partial charge < -0.3 is 10.6 Å². The largest absolute Gasteiger partial charge is 0.346 e. The molecule has 6 heteroatoms. The van der Waals surface area contributed by atoms with Crippen molar-refractivity contribution >= 4 is 5.91 Å². The van der Waals surface area contributed by atoms with Gasteiger partial charge in [0.25, 0.3) is 0 Å². The Labute approximate surface area is 114 Å².